The number of nitrogens with zero attached hydrogens (tertiary/aromatic N) is 2. The SMILES string of the molecule is CCNC(=NCc1ccc(Cl)cc1OCC)NCCCN1CCOCC1. The molecule has 1 saturated heterocycles. The zero-order valence-corrected chi connectivity index (χ0v) is 16.6. The van der Waals surface area contributed by atoms with Crippen molar-refractivity contribution < 1.29 is 9.47 Å². The van der Waals surface area contributed by atoms with E-state index in [0.29, 0.717) is 18.2 Å². The third-order valence-corrected chi connectivity index (χ3v) is 4.36. The van der Waals surface area contributed by atoms with Gasteiger partial charge in [0.15, 0.2) is 5.96 Å². The Balaban J connectivity index is 1.83. The Kier molecular flexibility index (Phi) is 9.60. The number of rotatable bonds is 9. The Hall–Kier alpha value is -1.50. The van der Waals surface area contributed by atoms with Crippen molar-refractivity contribution in [3.8, 4) is 5.75 Å². The van der Waals surface area contributed by atoms with Crippen molar-refractivity contribution in [2.45, 2.75) is 26.8 Å². The maximum atomic E-state index is 6.06. The van der Waals surface area contributed by atoms with Gasteiger partial charge >= 0.3 is 0 Å². The highest BCUT2D eigenvalue weighted by atomic mass is 35.5. The highest BCUT2D eigenvalue weighted by Gasteiger charge is 2.09. The minimum atomic E-state index is 0.547. The van der Waals surface area contributed by atoms with E-state index in [1.165, 1.54) is 0 Å². The Bertz CT molecular complexity index is 562. The molecular weight excluding hydrogens is 352 g/mol. The summed E-state index contributed by atoms with van der Waals surface area (Å²) in [5.74, 6) is 1.62. The number of ether oxygens (including phenoxy) is 2. The van der Waals surface area contributed by atoms with E-state index in [1.807, 2.05) is 25.1 Å². The van der Waals surface area contributed by atoms with Crippen LogP contribution in [0.5, 0.6) is 5.75 Å². The highest BCUT2D eigenvalue weighted by Crippen LogP contribution is 2.24. The van der Waals surface area contributed by atoms with Crippen molar-refractivity contribution in [1.82, 2.24) is 15.5 Å². The number of halogens is 1. The molecule has 0 atom stereocenters. The van der Waals surface area contributed by atoms with Gasteiger partial charge in [0.2, 0.25) is 0 Å². The molecule has 1 fully saturated rings. The van der Waals surface area contributed by atoms with Crippen LogP contribution in [0.25, 0.3) is 0 Å². The molecule has 0 spiro atoms. The van der Waals surface area contributed by atoms with Gasteiger partial charge in [-0.15, -0.1) is 0 Å². The van der Waals surface area contributed by atoms with Crippen molar-refractivity contribution in [3.05, 3.63) is 28.8 Å². The molecule has 0 aromatic heterocycles. The quantitative estimate of drug-likeness (QED) is 0.390. The maximum Gasteiger partial charge on any atom is 0.191 e. The number of morpholine rings is 1. The van der Waals surface area contributed by atoms with Gasteiger partial charge in [-0.25, -0.2) is 4.99 Å². The second kappa shape index (κ2) is 12.0. The fraction of sp³-hybridized carbons (Fsp3) is 0.632. The Morgan fingerprint density at radius 1 is 1.27 bits per heavy atom. The topological polar surface area (TPSA) is 58.1 Å². The third kappa shape index (κ3) is 7.40. The molecule has 0 unspecified atom stereocenters. The van der Waals surface area contributed by atoms with Crippen molar-refractivity contribution >= 4 is 17.6 Å². The monoisotopic (exact) mass is 382 g/mol. The number of aliphatic imine (C=N–C) groups is 1. The molecule has 1 heterocycles. The van der Waals surface area contributed by atoms with E-state index in [0.717, 1.165) is 69.6 Å². The lowest BCUT2D eigenvalue weighted by molar-refractivity contribution is 0.0376. The molecule has 2 rings (SSSR count). The molecule has 1 aromatic carbocycles. The summed E-state index contributed by atoms with van der Waals surface area (Å²) in [6, 6.07) is 5.69. The van der Waals surface area contributed by atoms with Crippen LogP contribution in [-0.4, -0.2) is 63.4 Å². The Morgan fingerprint density at radius 3 is 2.81 bits per heavy atom. The molecule has 7 heteroatoms. The third-order valence-electron chi connectivity index (χ3n) is 4.13. The first-order valence-corrected chi connectivity index (χ1v) is 9.84. The first-order valence-electron chi connectivity index (χ1n) is 9.46. The van der Waals surface area contributed by atoms with E-state index >= 15 is 0 Å². The zero-order chi connectivity index (χ0) is 18.6. The number of nitrogens with one attached hydrogen (secondary N) is 2. The lowest BCUT2D eigenvalue weighted by Crippen LogP contribution is -2.40. The zero-order valence-electron chi connectivity index (χ0n) is 15.9. The molecule has 6 nitrogen and oxygen atoms in total. The van der Waals surface area contributed by atoms with Crippen LogP contribution in [0.1, 0.15) is 25.8 Å². The molecule has 26 heavy (non-hydrogen) atoms. The molecular formula is C19H31ClN4O2. The van der Waals surface area contributed by atoms with Crippen LogP contribution < -0.4 is 15.4 Å². The highest BCUT2D eigenvalue weighted by molar-refractivity contribution is 6.30. The molecule has 146 valence electrons. The van der Waals surface area contributed by atoms with E-state index in [2.05, 4.69) is 27.4 Å². The molecule has 1 aliphatic heterocycles. The maximum absolute atomic E-state index is 6.06. The summed E-state index contributed by atoms with van der Waals surface area (Å²) < 4.78 is 11.0. The van der Waals surface area contributed by atoms with E-state index in [9.17, 15) is 0 Å². The molecule has 0 radical (unpaired) electrons. The summed E-state index contributed by atoms with van der Waals surface area (Å²) in [6.45, 7) is 11.8. The van der Waals surface area contributed by atoms with Gasteiger partial charge in [0.1, 0.15) is 5.75 Å². The number of hydrogen-bond acceptors (Lipinski definition) is 4. The van der Waals surface area contributed by atoms with Crippen LogP contribution in [0.3, 0.4) is 0 Å². The second-order valence-corrected chi connectivity index (χ2v) is 6.55. The van der Waals surface area contributed by atoms with Crippen LogP contribution in [0.15, 0.2) is 23.2 Å². The first-order chi connectivity index (χ1) is 12.7. The normalized spacial score (nSPS) is 15.7. The van der Waals surface area contributed by atoms with Gasteiger partial charge in [0, 0.05) is 36.8 Å². The largest absolute Gasteiger partial charge is 0.493 e. The van der Waals surface area contributed by atoms with Crippen molar-refractivity contribution in [2.75, 3.05) is 52.5 Å². The summed E-state index contributed by atoms with van der Waals surface area (Å²) in [5, 5.41) is 7.38. The van der Waals surface area contributed by atoms with Crippen molar-refractivity contribution in [2.24, 2.45) is 4.99 Å². The van der Waals surface area contributed by atoms with Crippen LogP contribution in [-0.2, 0) is 11.3 Å². The van der Waals surface area contributed by atoms with E-state index in [-0.39, 0.29) is 0 Å². The molecule has 2 N–H and O–H groups in total. The minimum absolute atomic E-state index is 0.547. The first kappa shape index (κ1) is 20.8. The fourth-order valence-corrected chi connectivity index (χ4v) is 2.95. The number of benzene rings is 1. The van der Waals surface area contributed by atoms with Gasteiger partial charge in [-0.05, 0) is 38.9 Å². The van der Waals surface area contributed by atoms with E-state index in [1.54, 1.807) is 0 Å². The van der Waals surface area contributed by atoms with Crippen LogP contribution in [0.4, 0.5) is 0 Å². The van der Waals surface area contributed by atoms with Crippen LogP contribution >= 0.6 is 11.6 Å². The smallest absolute Gasteiger partial charge is 0.191 e. The van der Waals surface area contributed by atoms with Crippen molar-refractivity contribution in [3.63, 3.8) is 0 Å². The summed E-state index contributed by atoms with van der Waals surface area (Å²) in [7, 11) is 0. The molecule has 0 bridgehead atoms. The minimum Gasteiger partial charge on any atom is -0.493 e. The Labute approximate surface area is 161 Å². The average molecular weight is 383 g/mol. The molecule has 0 aliphatic carbocycles. The van der Waals surface area contributed by atoms with Gasteiger partial charge in [0.05, 0.1) is 26.4 Å². The summed E-state index contributed by atoms with van der Waals surface area (Å²) in [5.41, 5.74) is 1.03. The van der Waals surface area contributed by atoms with Gasteiger partial charge < -0.3 is 20.1 Å². The van der Waals surface area contributed by atoms with Crippen LogP contribution in [0, 0.1) is 0 Å². The summed E-state index contributed by atoms with van der Waals surface area (Å²) in [6.07, 6.45) is 1.08. The van der Waals surface area contributed by atoms with E-state index < -0.39 is 0 Å². The van der Waals surface area contributed by atoms with Crippen molar-refractivity contribution in [1.29, 1.82) is 0 Å². The van der Waals surface area contributed by atoms with Gasteiger partial charge in [-0.3, -0.25) is 4.90 Å². The Morgan fingerprint density at radius 2 is 2.08 bits per heavy atom. The predicted molar refractivity (Wildman–Crippen MR) is 107 cm³/mol. The van der Waals surface area contributed by atoms with Gasteiger partial charge in [0.25, 0.3) is 0 Å². The van der Waals surface area contributed by atoms with Gasteiger partial charge in [-0.1, -0.05) is 17.7 Å². The predicted octanol–water partition coefficient (Wildman–Crippen LogP) is 2.52. The molecule has 0 amide bonds. The fourth-order valence-electron chi connectivity index (χ4n) is 2.79. The standard InChI is InChI=1S/C19H31ClN4O2/c1-3-21-19(22-8-5-9-24-10-12-25-13-11-24)23-15-16-6-7-17(20)14-18(16)26-4-2/h6-7,14H,3-5,8-13,15H2,1-2H3,(H2,21,22,23). The molecule has 0 saturated carbocycles. The second-order valence-electron chi connectivity index (χ2n) is 6.11. The van der Waals surface area contributed by atoms with E-state index in [4.69, 9.17) is 21.1 Å². The average Bonchev–Trinajstić information content (AvgIpc) is 2.65. The molecule has 1 aliphatic rings. The summed E-state index contributed by atoms with van der Waals surface area (Å²) in [4.78, 5) is 7.12. The molecule has 1 aromatic rings. The summed E-state index contributed by atoms with van der Waals surface area (Å²) >= 11 is 6.06. The van der Waals surface area contributed by atoms with Crippen LogP contribution in [0.2, 0.25) is 5.02 Å². The lowest BCUT2D eigenvalue weighted by atomic mass is 10.2. The number of guanidine groups is 1. The number of hydrogen-bond donors (Lipinski definition) is 2. The lowest BCUT2D eigenvalue weighted by Gasteiger charge is -2.26. The van der Waals surface area contributed by atoms with Gasteiger partial charge in [-0.2, -0.15) is 0 Å².